The van der Waals surface area contributed by atoms with Crippen molar-refractivity contribution in [2.75, 3.05) is 19.0 Å². The van der Waals surface area contributed by atoms with E-state index in [1.165, 1.54) is 54.7 Å². The molecule has 0 fully saturated rings. The summed E-state index contributed by atoms with van der Waals surface area (Å²) in [6.07, 6.45) is 6.84. The predicted molar refractivity (Wildman–Crippen MR) is 112 cm³/mol. The molecule has 0 radical (unpaired) electrons. The molecule has 156 valence electrons. The molecule has 0 saturated carbocycles. The molecule has 0 atom stereocenters. The van der Waals surface area contributed by atoms with E-state index in [9.17, 15) is 18.0 Å². The van der Waals surface area contributed by atoms with Crippen molar-refractivity contribution in [1.82, 2.24) is 4.72 Å². The summed E-state index contributed by atoms with van der Waals surface area (Å²) in [7, 11) is -2.65. The molecule has 9 heteroatoms. The molecule has 2 N–H and O–H groups in total. The van der Waals surface area contributed by atoms with Crippen LogP contribution in [-0.2, 0) is 32.4 Å². The van der Waals surface area contributed by atoms with Crippen LogP contribution in [0.4, 0.5) is 5.69 Å². The Morgan fingerprint density at radius 1 is 1.07 bits per heavy atom. The summed E-state index contributed by atoms with van der Waals surface area (Å²) < 4.78 is 30.9. The Morgan fingerprint density at radius 2 is 1.76 bits per heavy atom. The Kier molecular flexibility index (Phi) is 7.05. The van der Waals surface area contributed by atoms with Gasteiger partial charge in [-0.25, -0.2) is 8.42 Å². The Bertz CT molecular complexity index is 955. The van der Waals surface area contributed by atoms with Crippen molar-refractivity contribution in [2.45, 2.75) is 43.4 Å². The topological polar surface area (TPSA) is 102 Å². The number of esters is 1. The third-order valence-corrected chi connectivity index (χ3v) is 7.43. The van der Waals surface area contributed by atoms with Gasteiger partial charge >= 0.3 is 5.97 Å². The van der Waals surface area contributed by atoms with Gasteiger partial charge in [-0.2, -0.15) is 4.72 Å². The zero-order valence-corrected chi connectivity index (χ0v) is 17.8. The zero-order valence-electron chi connectivity index (χ0n) is 16.2. The van der Waals surface area contributed by atoms with Gasteiger partial charge in [0.2, 0.25) is 10.0 Å². The minimum atomic E-state index is -3.83. The molecule has 3 rings (SSSR count). The zero-order chi connectivity index (χ0) is 20.9. The number of methoxy groups -OCH3 is 1. The number of carbonyl (C=O) groups excluding carboxylic acids is 2. The number of hydrogen-bond donors (Lipinski definition) is 2. The number of carbonyl (C=O) groups is 2. The van der Waals surface area contributed by atoms with Gasteiger partial charge in [0.15, 0.2) is 0 Å². The predicted octanol–water partition coefficient (Wildman–Crippen LogP) is 3.11. The Hall–Kier alpha value is -2.23. The summed E-state index contributed by atoms with van der Waals surface area (Å²) >= 11 is 1.54. The van der Waals surface area contributed by atoms with E-state index in [-0.39, 0.29) is 10.8 Å². The van der Waals surface area contributed by atoms with Crippen LogP contribution in [0.3, 0.4) is 0 Å². The van der Waals surface area contributed by atoms with Crippen LogP contribution in [0.25, 0.3) is 0 Å². The number of anilines is 1. The summed E-state index contributed by atoms with van der Waals surface area (Å²) in [4.78, 5) is 25.7. The Balaban J connectivity index is 1.66. The van der Waals surface area contributed by atoms with Crippen LogP contribution >= 0.6 is 11.3 Å². The normalized spacial score (nSPS) is 14.4. The van der Waals surface area contributed by atoms with Crippen LogP contribution in [0, 0.1) is 0 Å². The molecule has 1 aromatic heterocycles. The van der Waals surface area contributed by atoms with Crippen LogP contribution in [0.1, 0.15) is 45.8 Å². The summed E-state index contributed by atoms with van der Waals surface area (Å²) in [6, 6.07) is 7.78. The van der Waals surface area contributed by atoms with Crippen molar-refractivity contribution in [3.05, 3.63) is 45.6 Å². The molecule has 1 aliphatic carbocycles. The highest BCUT2D eigenvalue weighted by molar-refractivity contribution is 7.89. The van der Waals surface area contributed by atoms with Crippen LogP contribution in [0.15, 0.2) is 35.2 Å². The van der Waals surface area contributed by atoms with Crippen molar-refractivity contribution in [3.8, 4) is 0 Å². The first kappa shape index (κ1) is 21.5. The lowest BCUT2D eigenvalue weighted by atomic mass is 10.00. The fourth-order valence-electron chi connectivity index (χ4n) is 3.18. The van der Waals surface area contributed by atoms with E-state index in [1.54, 1.807) is 11.3 Å². The first-order chi connectivity index (χ1) is 13.9. The van der Waals surface area contributed by atoms with E-state index < -0.39 is 22.5 Å². The molecule has 2 aromatic rings. The number of aryl methyl sites for hydroxylation is 2. The van der Waals surface area contributed by atoms with Crippen molar-refractivity contribution >= 4 is 38.9 Å². The molecule has 0 bridgehead atoms. The molecular weight excluding hydrogens is 412 g/mol. The lowest BCUT2D eigenvalue weighted by Gasteiger charge is -2.07. The molecule has 29 heavy (non-hydrogen) atoms. The quantitative estimate of drug-likeness (QED) is 0.678. The van der Waals surface area contributed by atoms with E-state index in [4.69, 9.17) is 0 Å². The number of sulfonamides is 1. The van der Waals surface area contributed by atoms with E-state index in [1.807, 2.05) is 6.07 Å². The van der Waals surface area contributed by atoms with Crippen molar-refractivity contribution < 1.29 is 22.7 Å². The number of fused-ring (bicyclic) bond motifs is 1. The van der Waals surface area contributed by atoms with Crippen molar-refractivity contribution in [1.29, 1.82) is 0 Å². The average molecular weight is 437 g/mol. The molecule has 0 spiro atoms. The second kappa shape index (κ2) is 9.51. The van der Waals surface area contributed by atoms with E-state index in [0.717, 1.165) is 25.7 Å². The van der Waals surface area contributed by atoms with E-state index in [2.05, 4.69) is 14.8 Å². The minimum absolute atomic E-state index is 0.00140. The molecule has 0 aliphatic heterocycles. The lowest BCUT2D eigenvalue weighted by Crippen LogP contribution is -2.30. The number of benzene rings is 1. The van der Waals surface area contributed by atoms with Crippen LogP contribution < -0.4 is 10.0 Å². The van der Waals surface area contributed by atoms with Crippen molar-refractivity contribution in [2.24, 2.45) is 0 Å². The smallest absolute Gasteiger partial charge is 0.320 e. The Morgan fingerprint density at radius 3 is 2.45 bits per heavy atom. The monoisotopic (exact) mass is 436 g/mol. The number of rotatable bonds is 6. The van der Waals surface area contributed by atoms with Gasteiger partial charge in [-0.15, -0.1) is 11.3 Å². The number of nitrogens with one attached hydrogen (secondary N) is 2. The number of amides is 1. The fourth-order valence-corrected chi connectivity index (χ4v) is 5.29. The number of hydrogen-bond acceptors (Lipinski definition) is 6. The molecule has 1 aliphatic rings. The van der Waals surface area contributed by atoms with Crippen LogP contribution in [0.5, 0.6) is 0 Å². The highest BCUT2D eigenvalue weighted by Gasteiger charge is 2.18. The lowest BCUT2D eigenvalue weighted by molar-refractivity contribution is -0.139. The van der Waals surface area contributed by atoms with Crippen LogP contribution in [0.2, 0.25) is 0 Å². The SMILES string of the molecule is COC(=O)CNS(=O)(=O)c1ccc(NC(=O)c2cc3c(s2)CCCCCC3)cc1. The number of ether oxygens (including phenoxy) is 1. The first-order valence-electron chi connectivity index (χ1n) is 9.48. The minimum Gasteiger partial charge on any atom is -0.468 e. The molecule has 0 saturated heterocycles. The summed E-state index contributed by atoms with van der Waals surface area (Å²) in [5.41, 5.74) is 1.78. The first-order valence-corrected chi connectivity index (χ1v) is 11.8. The standard InChI is InChI=1S/C20H24N2O5S2/c1-27-19(23)13-21-29(25,26)16-10-8-15(9-11-16)22-20(24)18-12-14-6-4-2-3-5-7-17(14)28-18/h8-12,21H,2-7,13H2,1H3,(H,22,24). The van der Waals surface area contributed by atoms with Gasteiger partial charge in [0.25, 0.3) is 5.91 Å². The second-order valence-electron chi connectivity index (χ2n) is 6.85. The van der Waals surface area contributed by atoms with Gasteiger partial charge in [-0.05, 0) is 61.6 Å². The molecule has 0 unspecified atom stereocenters. The van der Waals surface area contributed by atoms with Gasteiger partial charge in [-0.1, -0.05) is 12.8 Å². The van der Waals surface area contributed by atoms with Gasteiger partial charge in [0.05, 0.1) is 16.9 Å². The molecule has 1 amide bonds. The Labute approximate surface area is 174 Å². The third kappa shape index (κ3) is 5.65. The second-order valence-corrected chi connectivity index (χ2v) is 9.76. The fraction of sp³-hybridized carbons (Fsp3) is 0.400. The van der Waals surface area contributed by atoms with Gasteiger partial charge < -0.3 is 10.1 Å². The van der Waals surface area contributed by atoms with Gasteiger partial charge in [-0.3, -0.25) is 9.59 Å². The van der Waals surface area contributed by atoms with Gasteiger partial charge in [0, 0.05) is 10.6 Å². The summed E-state index contributed by atoms with van der Waals surface area (Å²) in [6.45, 7) is -0.444. The third-order valence-electron chi connectivity index (χ3n) is 4.78. The molecular formula is C20H24N2O5S2. The highest BCUT2D eigenvalue weighted by Crippen LogP contribution is 2.29. The summed E-state index contributed by atoms with van der Waals surface area (Å²) in [5, 5.41) is 2.82. The highest BCUT2D eigenvalue weighted by atomic mass is 32.2. The van der Waals surface area contributed by atoms with Crippen LogP contribution in [-0.4, -0.2) is 33.9 Å². The van der Waals surface area contributed by atoms with E-state index >= 15 is 0 Å². The maximum Gasteiger partial charge on any atom is 0.320 e. The molecule has 1 aromatic carbocycles. The maximum absolute atomic E-state index is 12.6. The largest absolute Gasteiger partial charge is 0.468 e. The molecule has 7 nitrogen and oxygen atoms in total. The van der Waals surface area contributed by atoms with Crippen molar-refractivity contribution in [3.63, 3.8) is 0 Å². The average Bonchev–Trinajstić information content (AvgIpc) is 3.08. The maximum atomic E-state index is 12.6. The summed E-state index contributed by atoms with van der Waals surface area (Å²) in [5.74, 6) is -0.872. The van der Waals surface area contributed by atoms with E-state index in [0.29, 0.717) is 10.6 Å². The van der Waals surface area contributed by atoms with Gasteiger partial charge in [0.1, 0.15) is 6.54 Å². The molecule has 1 heterocycles. The number of thiophene rings is 1.